The van der Waals surface area contributed by atoms with E-state index in [2.05, 4.69) is 23.4 Å². The van der Waals surface area contributed by atoms with Gasteiger partial charge in [-0.3, -0.25) is 5.73 Å². The highest BCUT2D eigenvalue weighted by atomic mass is 32.1. The minimum Gasteiger partial charge on any atom is -0.295 e. The summed E-state index contributed by atoms with van der Waals surface area (Å²) in [7, 11) is 0. The molecule has 0 fully saturated rings. The lowest BCUT2D eigenvalue weighted by atomic mass is 10.2. The van der Waals surface area contributed by atoms with Gasteiger partial charge in [0.25, 0.3) is 0 Å². The van der Waals surface area contributed by atoms with Crippen molar-refractivity contribution < 1.29 is 4.57 Å². The van der Waals surface area contributed by atoms with Gasteiger partial charge in [-0.15, -0.1) is 0 Å². The van der Waals surface area contributed by atoms with E-state index in [1.165, 1.54) is 19.3 Å². The van der Waals surface area contributed by atoms with E-state index in [1.54, 1.807) is 0 Å². The van der Waals surface area contributed by atoms with Gasteiger partial charge in [-0.05, 0) is 25.0 Å². The van der Waals surface area contributed by atoms with Gasteiger partial charge in [0.1, 0.15) is 19.1 Å². The van der Waals surface area contributed by atoms with Crippen molar-refractivity contribution in [3.8, 4) is 0 Å². The Balaban J connectivity index is 2.20. The number of imidazole rings is 1. The number of hydrogen-bond acceptors (Lipinski definition) is 2. The largest absolute Gasteiger partial charge is 0.295 e. The second-order valence-electron chi connectivity index (χ2n) is 3.13. The molecule has 0 aliphatic carbocycles. The van der Waals surface area contributed by atoms with Crippen LogP contribution in [0.3, 0.4) is 0 Å². The molecule has 0 aromatic carbocycles. The fourth-order valence-electron chi connectivity index (χ4n) is 1.26. The molecule has 0 radical (unpaired) electrons. The van der Waals surface area contributed by atoms with Crippen molar-refractivity contribution in [3.63, 3.8) is 0 Å². The lowest BCUT2D eigenvalue weighted by Gasteiger charge is -1.95. The van der Waals surface area contributed by atoms with E-state index < -0.39 is 0 Å². The number of thiol groups is 1. The summed E-state index contributed by atoms with van der Waals surface area (Å²) in [6.07, 6.45) is 9.79. The zero-order valence-electron chi connectivity index (χ0n) is 7.89. The molecule has 0 spiro atoms. The third-order valence-corrected chi connectivity index (χ3v) is 2.35. The van der Waals surface area contributed by atoms with Crippen molar-refractivity contribution >= 4 is 12.6 Å². The van der Waals surface area contributed by atoms with Crippen LogP contribution in [0.4, 0.5) is 0 Å². The molecule has 0 bridgehead atoms. The molecule has 4 heteroatoms. The molecule has 0 aliphatic heterocycles. The number of unbranched alkanes of at least 4 members (excludes halogenated alkanes) is 2. The average molecular weight is 200 g/mol. The first kappa shape index (κ1) is 10.6. The van der Waals surface area contributed by atoms with Gasteiger partial charge in [0.2, 0.25) is 6.33 Å². The van der Waals surface area contributed by atoms with E-state index in [-0.39, 0.29) is 0 Å². The summed E-state index contributed by atoms with van der Waals surface area (Å²) in [6.45, 7) is 1.64. The van der Waals surface area contributed by atoms with E-state index in [0.29, 0.717) is 6.67 Å². The van der Waals surface area contributed by atoms with Gasteiger partial charge in [0, 0.05) is 0 Å². The molecule has 1 rings (SSSR count). The summed E-state index contributed by atoms with van der Waals surface area (Å²) in [5.74, 6) is 0.995. The number of aromatic nitrogens is 2. The Morgan fingerprint density at radius 3 is 2.77 bits per heavy atom. The molecule has 0 unspecified atom stereocenters. The molecule has 1 heterocycles. The van der Waals surface area contributed by atoms with Crippen molar-refractivity contribution in [1.29, 1.82) is 0 Å². The molecule has 74 valence electrons. The fourth-order valence-corrected chi connectivity index (χ4v) is 1.49. The van der Waals surface area contributed by atoms with Gasteiger partial charge in [-0.2, -0.15) is 12.6 Å². The maximum absolute atomic E-state index is 5.48. The molecule has 2 N–H and O–H groups in total. The van der Waals surface area contributed by atoms with E-state index in [1.807, 2.05) is 17.1 Å². The van der Waals surface area contributed by atoms with Crippen LogP contribution in [-0.4, -0.2) is 10.3 Å². The predicted octanol–water partition coefficient (Wildman–Crippen LogP) is 0.792. The molecule has 13 heavy (non-hydrogen) atoms. The van der Waals surface area contributed by atoms with Crippen LogP contribution in [0.25, 0.3) is 0 Å². The SMILES string of the molecule is NC[n+]1ccn(CCCCCS)c1. The second-order valence-corrected chi connectivity index (χ2v) is 3.58. The highest BCUT2D eigenvalue weighted by Crippen LogP contribution is 1.99. The van der Waals surface area contributed by atoms with Crippen molar-refractivity contribution in [2.24, 2.45) is 5.73 Å². The first-order valence-corrected chi connectivity index (χ1v) is 5.36. The summed E-state index contributed by atoms with van der Waals surface area (Å²) in [6, 6.07) is 0. The topological polar surface area (TPSA) is 34.8 Å². The molecule has 1 aromatic heterocycles. The minimum absolute atomic E-state index is 0.559. The van der Waals surface area contributed by atoms with Gasteiger partial charge < -0.3 is 0 Å². The summed E-state index contributed by atoms with van der Waals surface area (Å²) in [5, 5.41) is 0. The monoisotopic (exact) mass is 200 g/mol. The van der Waals surface area contributed by atoms with Crippen molar-refractivity contribution in [3.05, 3.63) is 18.7 Å². The number of nitrogens with zero attached hydrogens (tertiary/aromatic N) is 2. The van der Waals surface area contributed by atoms with Gasteiger partial charge in [0.05, 0.1) is 6.54 Å². The van der Waals surface area contributed by atoms with E-state index in [4.69, 9.17) is 5.73 Å². The van der Waals surface area contributed by atoms with Crippen LogP contribution in [0.2, 0.25) is 0 Å². The van der Waals surface area contributed by atoms with Crippen LogP contribution in [0.5, 0.6) is 0 Å². The Kier molecular flexibility index (Phi) is 4.93. The Morgan fingerprint density at radius 1 is 1.31 bits per heavy atom. The van der Waals surface area contributed by atoms with Crippen molar-refractivity contribution in [2.45, 2.75) is 32.5 Å². The molecular weight excluding hydrogens is 182 g/mol. The number of nitrogens with two attached hydrogens (primary N) is 1. The van der Waals surface area contributed by atoms with Crippen LogP contribution < -0.4 is 10.3 Å². The summed E-state index contributed by atoms with van der Waals surface area (Å²) in [5.41, 5.74) is 5.48. The Labute approximate surface area is 85.0 Å². The average Bonchev–Trinajstić information content (AvgIpc) is 2.60. The highest BCUT2D eigenvalue weighted by molar-refractivity contribution is 7.80. The molecular formula is C9H18N3S+. The summed E-state index contributed by atoms with van der Waals surface area (Å²) < 4.78 is 4.14. The highest BCUT2D eigenvalue weighted by Gasteiger charge is 2.00. The Hall–Kier alpha value is -0.480. The van der Waals surface area contributed by atoms with Crippen LogP contribution in [0.15, 0.2) is 18.7 Å². The Bertz CT molecular complexity index is 235. The van der Waals surface area contributed by atoms with E-state index >= 15 is 0 Å². The summed E-state index contributed by atoms with van der Waals surface area (Å²) in [4.78, 5) is 0. The second kappa shape index (κ2) is 6.05. The number of rotatable bonds is 6. The first-order valence-electron chi connectivity index (χ1n) is 4.72. The lowest BCUT2D eigenvalue weighted by molar-refractivity contribution is -0.695. The van der Waals surface area contributed by atoms with Crippen LogP contribution in [-0.2, 0) is 13.2 Å². The molecule has 0 amide bonds. The van der Waals surface area contributed by atoms with Gasteiger partial charge in [-0.25, -0.2) is 9.13 Å². The molecule has 0 aliphatic rings. The smallest absolute Gasteiger partial charge is 0.244 e. The van der Waals surface area contributed by atoms with Gasteiger partial charge >= 0.3 is 0 Å². The first-order chi connectivity index (χ1) is 6.36. The lowest BCUT2D eigenvalue weighted by Crippen LogP contribution is -2.35. The molecule has 3 nitrogen and oxygen atoms in total. The maximum Gasteiger partial charge on any atom is 0.244 e. The number of hydrogen-bond donors (Lipinski definition) is 2. The van der Waals surface area contributed by atoms with E-state index in [9.17, 15) is 0 Å². The third kappa shape index (κ3) is 3.83. The van der Waals surface area contributed by atoms with Crippen LogP contribution in [0, 0.1) is 0 Å². The quantitative estimate of drug-likeness (QED) is 0.397. The fraction of sp³-hybridized carbons (Fsp3) is 0.667. The molecule has 0 saturated carbocycles. The van der Waals surface area contributed by atoms with Crippen molar-refractivity contribution in [2.75, 3.05) is 5.75 Å². The maximum atomic E-state index is 5.48. The minimum atomic E-state index is 0.559. The normalized spacial score (nSPS) is 10.6. The standard InChI is InChI=1S/C9H17N3S/c10-8-12-6-5-11(9-12)4-2-1-3-7-13/h5-6,9H,1-4,7-8,10H2/p+1. The summed E-state index contributed by atoms with van der Waals surface area (Å²) >= 11 is 4.17. The molecule has 0 atom stereocenters. The van der Waals surface area contributed by atoms with E-state index in [0.717, 1.165) is 12.3 Å². The Morgan fingerprint density at radius 2 is 2.15 bits per heavy atom. The zero-order chi connectivity index (χ0) is 9.52. The predicted molar refractivity (Wildman–Crippen MR) is 56.5 cm³/mol. The molecule has 0 saturated heterocycles. The van der Waals surface area contributed by atoms with Gasteiger partial charge in [0.15, 0.2) is 0 Å². The molecule has 1 aromatic rings. The van der Waals surface area contributed by atoms with Crippen LogP contribution in [0.1, 0.15) is 19.3 Å². The zero-order valence-corrected chi connectivity index (χ0v) is 8.79. The van der Waals surface area contributed by atoms with Crippen molar-refractivity contribution in [1.82, 2.24) is 4.57 Å². The van der Waals surface area contributed by atoms with Crippen LogP contribution >= 0.6 is 12.6 Å². The third-order valence-electron chi connectivity index (χ3n) is 2.03. The van der Waals surface area contributed by atoms with Gasteiger partial charge in [-0.1, -0.05) is 0 Å². The number of aryl methyl sites for hydroxylation is 1.